The zero-order valence-electron chi connectivity index (χ0n) is 10.7. The molecular weight excluding hydrogens is 323 g/mol. The molecule has 0 aliphatic rings. The molecule has 0 spiro atoms. The number of carboxylic acid groups (broad SMARTS) is 1. The summed E-state index contributed by atoms with van der Waals surface area (Å²) in [6, 6.07) is 4.68. The summed E-state index contributed by atoms with van der Waals surface area (Å²) >= 11 is 0. The van der Waals surface area contributed by atoms with Crippen LogP contribution in [0.25, 0.3) is 0 Å². The Labute approximate surface area is 123 Å². The van der Waals surface area contributed by atoms with Crippen LogP contribution in [0.1, 0.15) is 10.4 Å². The Bertz CT molecular complexity index is 832. The van der Waals surface area contributed by atoms with Crippen molar-refractivity contribution >= 4 is 21.7 Å². The normalized spacial score (nSPS) is 11.2. The monoisotopic (exact) mass is 331 g/mol. The lowest BCUT2D eigenvalue weighted by Crippen LogP contribution is -2.18. The molecular formula is C13H8F3NO4S. The number of carboxylic acids is 1. The Morgan fingerprint density at radius 1 is 1.05 bits per heavy atom. The Hall–Kier alpha value is -2.55. The van der Waals surface area contributed by atoms with Crippen molar-refractivity contribution in [1.82, 2.24) is 0 Å². The second kappa shape index (κ2) is 5.68. The Morgan fingerprint density at radius 2 is 1.64 bits per heavy atom. The number of anilines is 1. The van der Waals surface area contributed by atoms with Crippen LogP contribution >= 0.6 is 0 Å². The molecule has 9 heteroatoms. The van der Waals surface area contributed by atoms with Crippen molar-refractivity contribution in [2.45, 2.75) is 4.90 Å². The molecule has 2 aromatic rings. The van der Waals surface area contributed by atoms with Crippen LogP contribution in [0.4, 0.5) is 18.9 Å². The maximum atomic E-state index is 13.5. The van der Waals surface area contributed by atoms with Crippen LogP contribution in [-0.2, 0) is 10.0 Å². The minimum atomic E-state index is -4.73. The fraction of sp³-hybridized carbons (Fsp3) is 0. The van der Waals surface area contributed by atoms with E-state index in [1.54, 1.807) is 4.72 Å². The molecule has 116 valence electrons. The van der Waals surface area contributed by atoms with Crippen LogP contribution in [0.2, 0.25) is 0 Å². The maximum absolute atomic E-state index is 13.5. The van der Waals surface area contributed by atoms with E-state index in [4.69, 9.17) is 5.11 Å². The highest BCUT2D eigenvalue weighted by molar-refractivity contribution is 7.92. The predicted molar refractivity (Wildman–Crippen MR) is 70.5 cm³/mol. The van der Waals surface area contributed by atoms with Gasteiger partial charge in [-0.25, -0.2) is 26.4 Å². The van der Waals surface area contributed by atoms with E-state index in [1.807, 2.05) is 0 Å². The van der Waals surface area contributed by atoms with Crippen LogP contribution in [0.5, 0.6) is 0 Å². The Balaban J connectivity index is 2.53. The highest BCUT2D eigenvalue weighted by Gasteiger charge is 2.25. The number of benzene rings is 2. The lowest BCUT2D eigenvalue weighted by atomic mass is 10.2. The lowest BCUT2D eigenvalue weighted by Gasteiger charge is -2.11. The second-order valence-corrected chi connectivity index (χ2v) is 5.77. The first kappa shape index (κ1) is 15.8. The quantitative estimate of drug-likeness (QED) is 0.902. The van der Waals surface area contributed by atoms with Crippen LogP contribution in [0.15, 0.2) is 41.3 Å². The van der Waals surface area contributed by atoms with Crippen molar-refractivity contribution < 1.29 is 31.5 Å². The summed E-state index contributed by atoms with van der Waals surface area (Å²) in [5.41, 5.74) is -1.21. The molecule has 2 aromatic carbocycles. The fourth-order valence-corrected chi connectivity index (χ4v) is 2.94. The largest absolute Gasteiger partial charge is 0.478 e. The van der Waals surface area contributed by atoms with Gasteiger partial charge in [0.1, 0.15) is 17.5 Å². The first-order chi connectivity index (χ1) is 10.2. The molecule has 0 aliphatic heterocycles. The lowest BCUT2D eigenvalue weighted by molar-refractivity contribution is 0.0697. The number of hydrogen-bond acceptors (Lipinski definition) is 3. The number of hydrogen-bond donors (Lipinski definition) is 2. The Kier molecular flexibility index (Phi) is 4.09. The number of rotatable bonds is 4. The summed E-state index contributed by atoms with van der Waals surface area (Å²) in [4.78, 5) is 9.73. The van der Waals surface area contributed by atoms with Gasteiger partial charge in [-0.05, 0) is 30.3 Å². The van der Waals surface area contributed by atoms with E-state index in [0.717, 1.165) is 30.3 Å². The molecule has 0 aliphatic carbocycles. The molecule has 0 bridgehead atoms. The average molecular weight is 331 g/mol. The van der Waals surface area contributed by atoms with E-state index in [0.29, 0.717) is 6.07 Å². The summed E-state index contributed by atoms with van der Waals surface area (Å²) in [5, 5.41) is 8.92. The molecule has 0 saturated heterocycles. The van der Waals surface area contributed by atoms with Crippen LogP contribution < -0.4 is 4.72 Å². The molecule has 0 heterocycles. The molecule has 0 unspecified atom stereocenters. The molecule has 2 rings (SSSR count). The van der Waals surface area contributed by atoms with Crippen molar-refractivity contribution in [3.63, 3.8) is 0 Å². The third-order valence-corrected chi connectivity index (χ3v) is 4.06. The van der Waals surface area contributed by atoms with Gasteiger partial charge < -0.3 is 5.11 Å². The van der Waals surface area contributed by atoms with E-state index < -0.39 is 49.6 Å². The number of nitrogens with one attached hydrogen (secondary N) is 1. The van der Waals surface area contributed by atoms with Crippen LogP contribution in [-0.4, -0.2) is 19.5 Å². The van der Waals surface area contributed by atoms with Gasteiger partial charge >= 0.3 is 5.97 Å². The van der Waals surface area contributed by atoms with Crippen LogP contribution in [0, 0.1) is 17.5 Å². The van der Waals surface area contributed by atoms with Gasteiger partial charge in [0, 0.05) is 0 Å². The van der Waals surface area contributed by atoms with E-state index >= 15 is 0 Å². The van der Waals surface area contributed by atoms with Gasteiger partial charge in [-0.3, -0.25) is 4.72 Å². The summed E-state index contributed by atoms with van der Waals surface area (Å²) in [6.45, 7) is 0. The van der Waals surface area contributed by atoms with Crippen molar-refractivity contribution in [2.75, 3.05) is 4.72 Å². The molecule has 0 radical (unpaired) electrons. The summed E-state index contributed by atoms with van der Waals surface area (Å²) in [7, 11) is -4.73. The molecule has 0 fully saturated rings. The van der Waals surface area contributed by atoms with Crippen molar-refractivity contribution in [2.24, 2.45) is 0 Å². The number of carbonyl (C=O) groups is 1. The molecule has 2 N–H and O–H groups in total. The predicted octanol–water partition coefficient (Wildman–Crippen LogP) is 2.60. The van der Waals surface area contributed by atoms with E-state index in [-0.39, 0.29) is 0 Å². The number of halogens is 3. The summed E-state index contributed by atoms with van der Waals surface area (Å²) < 4.78 is 65.9. The van der Waals surface area contributed by atoms with Crippen molar-refractivity contribution in [3.05, 3.63) is 59.4 Å². The van der Waals surface area contributed by atoms with Gasteiger partial charge in [-0.2, -0.15) is 0 Å². The standard InChI is InChI=1S/C13H8F3NO4S/c14-7-4-5-11(8(6-7)13(18)19)17-22(20,21)12-9(15)2-1-3-10(12)16/h1-6,17H,(H,18,19). The zero-order valence-corrected chi connectivity index (χ0v) is 11.5. The first-order valence-corrected chi connectivity index (χ1v) is 7.20. The van der Waals surface area contributed by atoms with Crippen LogP contribution in [0.3, 0.4) is 0 Å². The minimum Gasteiger partial charge on any atom is -0.478 e. The van der Waals surface area contributed by atoms with Gasteiger partial charge in [0.05, 0.1) is 11.3 Å². The maximum Gasteiger partial charge on any atom is 0.337 e. The van der Waals surface area contributed by atoms with Crippen molar-refractivity contribution in [3.8, 4) is 0 Å². The number of sulfonamides is 1. The van der Waals surface area contributed by atoms with E-state index in [9.17, 15) is 26.4 Å². The molecule has 0 atom stereocenters. The second-order valence-electron chi connectivity index (χ2n) is 4.15. The Morgan fingerprint density at radius 3 is 2.18 bits per heavy atom. The highest BCUT2D eigenvalue weighted by atomic mass is 32.2. The van der Waals surface area contributed by atoms with Crippen molar-refractivity contribution in [1.29, 1.82) is 0 Å². The van der Waals surface area contributed by atoms with Gasteiger partial charge in [0.15, 0.2) is 4.90 Å². The highest BCUT2D eigenvalue weighted by Crippen LogP contribution is 2.24. The molecule has 0 aromatic heterocycles. The van der Waals surface area contributed by atoms with Gasteiger partial charge in [0.25, 0.3) is 10.0 Å². The first-order valence-electron chi connectivity index (χ1n) is 5.72. The molecule has 0 saturated carbocycles. The third-order valence-electron chi connectivity index (χ3n) is 2.64. The zero-order chi connectivity index (χ0) is 16.5. The summed E-state index contributed by atoms with van der Waals surface area (Å²) in [5.74, 6) is -5.19. The SMILES string of the molecule is O=C(O)c1cc(F)ccc1NS(=O)(=O)c1c(F)cccc1F. The topological polar surface area (TPSA) is 83.5 Å². The van der Waals surface area contributed by atoms with E-state index in [1.165, 1.54) is 0 Å². The third kappa shape index (κ3) is 3.03. The average Bonchev–Trinajstić information content (AvgIpc) is 2.39. The molecule has 5 nitrogen and oxygen atoms in total. The molecule has 0 amide bonds. The fourth-order valence-electron chi connectivity index (χ4n) is 1.72. The van der Waals surface area contributed by atoms with Gasteiger partial charge in [0.2, 0.25) is 0 Å². The van der Waals surface area contributed by atoms with Gasteiger partial charge in [-0.1, -0.05) is 6.07 Å². The summed E-state index contributed by atoms with van der Waals surface area (Å²) in [6.07, 6.45) is 0. The number of aromatic carboxylic acids is 1. The van der Waals surface area contributed by atoms with E-state index in [2.05, 4.69) is 0 Å². The molecule has 22 heavy (non-hydrogen) atoms. The van der Waals surface area contributed by atoms with Gasteiger partial charge in [-0.15, -0.1) is 0 Å². The minimum absolute atomic E-state index is 0.517. The smallest absolute Gasteiger partial charge is 0.337 e.